The van der Waals surface area contributed by atoms with E-state index in [4.69, 9.17) is 0 Å². The molecule has 0 radical (unpaired) electrons. The van der Waals surface area contributed by atoms with Crippen LogP contribution in [0.5, 0.6) is 0 Å². The predicted molar refractivity (Wildman–Crippen MR) is 270 cm³/mol. The molecule has 13 heteroatoms. The first-order valence-electron chi connectivity index (χ1n) is 22.7. The smallest absolute Gasteiger partial charge is 0.309 e. The first-order valence-corrected chi connectivity index (χ1v) is 22.7. The molecule has 0 saturated heterocycles. The van der Waals surface area contributed by atoms with E-state index < -0.39 is 29.0 Å². The van der Waals surface area contributed by atoms with Crippen LogP contribution in [0.4, 0.5) is 26.3 Å². The van der Waals surface area contributed by atoms with Crippen molar-refractivity contribution < 1.29 is 26.3 Å². The summed E-state index contributed by atoms with van der Waals surface area (Å²) in [7, 11) is 0. The Morgan fingerprint density at radius 2 is 0.703 bits per heavy atom. The van der Waals surface area contributed by atoms with Gasteiger partial charge in [-0.3, -0.25) is 0 Å². The van der Waals surface area contributed by atoms with Crippen LogP contribution >= 0.6 is 0 Å². The van der Waals surface area contributed by atoms with Crippen LogP contribution in [0.15, 0.2) is 176 Å². The van der Waals surface area contributed by atoms with Crippen molar-refractivity contribution in [2.24, 2.45) is 0 Å². The van der Waals surface area contributed by atoms with Crippen LogP contribution in [0.3, 0.4) is 0 Å². The SMILES string of the molecule is N#Cc1cc(C#N)cc(-c2ccc3c(c2)c2ccccc2n3-c2cc(C#N)ccc2-c2ccc(-c3c(C(F)(F)F)cccc3C(F)(F)F)cc2-n2c3ccccc3c3cc(-c4cc(C#N)cc(C#N)c4)ccc32)c1. The average Bonchev–Trinajstić information content (AvgIpc) is 3.94. The van der Waals surface area contributed by atoms with E-state index in [2.05, 4.69) is 30.3 Å². The van der Waals surface area contributed by atoms with E-state index in [9.17, 15) is 52.7 Å². The molecule has 0 fully saturated rings. The number of nitriles is 5. The van der Waals surface area contributed by atoms with E-state index in [1.165, 1.54) is 30.3 Å². The molecule has 11 rings (SSSR count). The summed E-state index contributed by atoms with van der Waals surface area (Å²) in [5.74, 6) is 0. The molecule has 0 atom stereocenters. The Morgan fingerprint density at radius 1 is 0.311 bits per heavy atom. The summed E-state index contributed by atoms with van der Waals surface area (Å²) in [4.78, 5) is 0. The summed E-state index contributed by atoms with van der Waals surface area (Å²) in [5.41, 5.74) is 3.65. The summed E-state index contributed by atoms with van der Waals surface area (Å²) in [6.07, 6.45) is -10.4. The standard InChI is InChI=1S/C61H29F6N7/c62-60(63,64)51-8-5-9-52(61(65,66)67)59(51)42-13-17-48(58(29-42)74-54-11-4-2-7-46(54)50-28-41(15-19-56(50)74)44-24-38(33-71)21-39(25-44)34-72)47-16-12-35(30-68)26-57(47)73-53-10-3-1-6-45(53)49-27-40(14-18-55(49)73)43-22-36(31-69)20-37(23-43)32-70/h1-29H. The van der Waals surface area contributed by atoms with Crippen LogP contribution in [0, 0.1) is 56.7 Å². The maximum Gasteiger partial charge on any atom is 0.417 e. The minimum Gasteiger partial charge on any atom is -0.309 e. The van der Waals surface area contributed by atoms with Gasteiger partial charge >= 0.3 is 12.4 Å². The van der Waals surface area contributed by atoms with Crippen LogP contribution in [-0.4, -0.2) is 9.13 Å². The van der Waals surface area contributed by atoms with E-state index in [1.807, 2.05) is 65.2 Å². The maximum absolute atomic E-state index is 15.0. The number of rotatable bonds is 6. The quantitative estimate of drug-likeness (QED) is 0.153. The minimum atomic E-state index is -5.18. The molecule has 350 valence electrons. The van der Waals surface area contributed by atoms with Crippen molar-refractivity contribution in [1.82, 2.24) is 9.13 Å². The topological polar surface area (TPSA) is 129 Å². The second kappa shape index (κ2) is 17.5. The molecule has 2 heterocycles. The number of halogens is 6. The van der Waals surface area contributed by atoms with Crippen molar-refractivity contribution in [3.63, 3.8) is 0 Å². The summed E-state index contributed by atoms with van der Waals surface area (Å²) in [5, 5.41) is 52.5. The third-order valence-electron chi connectivity index (χ3n) is 13.3. The van der Waals surface area contributed by atoms with Crippen molar-refractivity contribution in [1.29, 1.82) is 26.3 Å². The molecule has 0 unspecified atom stereocenters. The van der Waals surface area contributed by atoms with Crippen LogP contribution in [0.25, 0.3) is 99.5 Å². The first-order chi connectivity index (χ1) is 35.7. The lowest BCUT2D eigenvalue weighted by molar-refractivity contribution is -0.142. The number of nitrogens with zero attached hydrogens (tertiary/aromatic N) is 7. The number of hydrogen-bond donors (Lipinski definition) is 0. The zero-order chi connectivity index (χ0) is 51.6. The second-order valence-corrected chi connectivity index (χ2v) is 17.5. The number of hydrogen-bond acceptors (Lipinski definition) is 5. The molecule has 7 nitrogen and oxygen atoms in total. The van der Waals surface area contributed by atoms with Gasteiger partial charge in [-0.05, 0) is 131 Å². The summed E-state index contributed by atoms with van der Waals surface area (Å²) in [6.45, 7) is 0. The predicted octanol–water partition coefficient (Wildman–Crippen LogP) is 15.9. The molecule has 0 amide bonds. The van der Waals surface area contributed by atoms with Crippen LogP contribution in [-0.2, 0) is 12.4 Å². The largest absolute Gasteiger partial charge is 0.417 e. The van der Waals surface area contributed by atoms with E-state index in [0.717, 1.165) is 16.8 Å². The lowest BCUT2D eigenvalue weighted by Gasteiger charge is -2.22. The molecule has 2 aromatic heterocycles. The summed E-state index contributed by atoms with van der Waals surface area (Å²) in [6, 6.07) is 57.3. The molecule has 11 aromatic rings. The Hall–Kier alpha value is -10.4. The Bertz CT molecular complexity index is 4330. The third-order valence-corrected chi connectivity index (χ3v) is 13.3. The molecular weight excluding hydrogens is 945 g/mol. The van der Waals surface area contributed by atoms with Gasteiger partial charge in [-0.1, -0.05) is 72.8 Å². The van der Waals surface area contributed by atoms with Crippen molar-refractivity contribution in [3.05, 3.63) is 215 Å². The van der Waals surface area contributed by atoms with Crippen molar-refractivity contribution in [3.8, 4) is 86.2 Å². The van der Waals surface area contributed by atoms with Crippen LogP contribution in [0.1, 0.15) is 38.9 Å². The fraction of sp³-hybridized carbons (Fsp3) is 0.0328. The number of para-hydroxylation sites is 2. The first kappa shape index (κ1) is 46.0. The molecule has 0 spiro atoms. The molecule has 0 saturated carbocycles. The highest BCUT2D eigenvalue weighted by atomic mass is 19.4. The van der Waals surface area contributed by atoms with Gasteiger partial charge in [0.1, 0.15) is 0 Å². The third kappa shape index (κ3) is 7.69. The molecule has 0 aliphatic rings. The van der Waals surface area contributed by atoms with Crippen LogP contribution in [0.2, 0.25) is 0 Å². The molecule has 0 bridgehead atoms. The second-order valence-electron chi connectivity index (χ2n) is 17.5. The lowest BCUT2D eigenvalue weighted by atomic mass is 9.90. The van der Waals surface area contributed by atoms with Gasteiger partial charge in [-0.2, -0.15) is 52.7 Å². The van der Waals surface area contributed by atoms with Crippen molar-refractivity contribution in [2.75, 3.05) is 0 Å². The Balaban J connectivity index is 1.23. The fourth-order valence-corrected chi connectivity index (χ4v) is 10.1. The van der Waals surface area contributed by atoms with E-state index in [1.54, 1.807) is 71.3 Å². The normalized spacial score (nSPS) is 11.6. The van der Waals surface area contributed by atoms with Gasteiger partial charge in [0.25, 0.3) is 0 Å². The Labute approximate surface area is 417 Å². The lowest BCUT2D eigenvalue weighted by Crippen LogP contribution is -2.14. The Kier molecular flexibility index (Phi) is 10.9. The van der Waals surface area contributed by atoms with Gasteiger partial charge in [-0.15, -0.1) is 0 Å². The number of fused-ring (bicyclic) bond motifs is 6. The highest BCUT2D eigenvalue weighted by molar-refractivity contribution is 6.13. The number of benzene rings is 9. The van der Waals surface area contributed by atoms with Crippen molar-refractivity contribution >= 4 is 43.6 Å². The zero-order valence-corrected chi connectivity index (χ0v) is 38.1. The highest BCUT2D eigenvalue weighted by Crippen LogP contribution is 2.48. The van der Waals surface area contributed by atoms with Gasteiger partial charge in [-0.25, -0.2) is 0 Å². The molecule has 9 aromatic carbocycles. The van der Waals surface area contributed by atoms with Gasteiger partial charge in [0.2, 0.25) is 0 Å². The van der Waals surface area contributed by atoms with E-state index in [-0.39, 0.29) is 27.9 Å². The average molecular weight is 974 g/mol. The maximum atomic E-state index is 15.0. The van der Waals surface area contributed by atoms with Crippen LogP contribution < -0.4 is 0 Å². The fourth-order valence-electron chi connectivity index (χ4n) is 10.1. The highest BCUT2D eigenvalue weighted by Gasteiger charge is 2.41. The molecule has 0 aliphatic carbocycles. The van der Waals surface area contributed by atoms with Gasteiger partial charge < -0.3 is 9.13 Å². The zero-order valence-electron chi connectivity index (χ0n) is 38.1. The van der Waals surface area contributed by atoms with Crippen molar-refractivity contribution in [2.45, 2.75) is 12.4 Å². The van der Waals surface area contributed by atoms with Gasteiger partial charge in [0.15, 0.2) is 0 Å². The van der Waals surface area contributed by atoms with Gasteiger partial charge in [0, 0.05) is 38.2 Å². The van der Waals surface area contributed by atoms with E-state index >= 15 is 0 Å². The minimum absolute atomic E-state index is 0.212. The number of alkyl halides is 6. The molecule has 0 aliphatic heterocycles. The monoisotopic (exact) mass is 973 g/mol. The van der Waals surface area contributed by atoms with E-state index in [0.29, 0.717) is 95.2 Å². The molecule has 74 heavy (non-hydrogen) atoms. The van der Waals surface area contributed by atoms with Gasteiger partial charge in [0.05, 0.1) is 103 Å². The Morgan fingerprint density at radius 3 is 1.14 bits per heavy atom. The summed E-state index contributed by atoms with van der Waals surface area (Å²) >= 11 is 0. The summed E-state index contributed by atoms with van der Waals surface area (Å²) < 4.78 is 93.6. The number of aromatic nitrogens is 2. The molecular formula is C61H29F6N7. The molecule has 0 N–H and O–H groups in total.